The lowest BCUT2D eigenvalue weighted by Gasteiger charge is -2.25. The van der Waals surface area contributed by atoms with Gasteiger partial charge in [-0.25, -0.2) is 4.79 Å². The summed E-state index contributed by atoms with van der Waals surface area (Å²) in [6.45, 7) is 2.52. The minimum absolute atomic E-state index is 0.308. The fourth-order valence-electron chi connectivity index (χ4n) is 2.52. The van der Waals surface area contributed by atoms with Gasteiger partial charge in [-0.1, -0.05) is 30.3 Å². The molecule has 0 aliphatic carbocycles. The standard InChI is InChI=1S/C15H18N2O4/c1-2-21-15(18)14-9-8-13(11-17(19)20)16(14)10-12-6-4-3-5-7-12/h3-7,11,14H,2,8-10H2,1H3. The van der Waals surface area contributed by atoms with E-state index in [1.165, 1.54) is 0 Å². The summed E-state index contributed by atoms with van der Waals surface area (Å²) < 4.78 is 5.07. The van der Waals surface area contributed by atoms with Crippen LogP contribution in [0.25, 0.3) is 0 Å². The highest BCUT2D eigenvalue weighted by Crippen LogP contribution is 2.30. The Labute approximate surface area is 123 Å². The molecule has 0 saturated carbocycles. The smallest absolute Gasteiger partial charge is 0.328 e. The maximum Gasteiger partial charge on any atom is 0.328 e. The van der Waals surface area contributed by atoms with Crippen LogP contribution in [0.4, 0.5) is 0 Å². The molecule has 0 N–H and O–H groups in total. The summed E-state index contributed by atoms with van der Waals surface area (Å²) in [6.07, 6.45) is 2.05. The van der Waals surface area contributed by atoms with Crippen LogP contribution >= 0.6 is 0 Å². The maximum atomic E-state index is 12.0. The quantitative estimate of drug-likeness (QED) is 0.473. The average Bonchev–Trinajstić information content (AvgIpc) is 2.82. The van der Waals surface area contributed by atoms with E-state index < -0.39 is 11.0 Å². The van der Waals surface area contributed by atoms with Crippen LogP contribution in [0.2, 0.25) is 0 Å². The van der Waals surface area contributed by atoms with Gasteiger partial charge in [0.25, 0.3) is 6.20 Å². The van der Waals surface area contributed by atoms with Crippen molar-refractivity contribution >= 4 is 5.97 Å². The van der Waals surface area contributed by atoms with E-state index in [1.807, 2.05) is 30.3 Å². The second-order valence-corrected chi connectivity index (χ2v) is 4.83. The molecule has 2 rings (SSSR count). The molecule has 1 saturated heterocycles. The topological polar surface area (TPSA) is 72.7 Å². The zero-order valence-electron chi connectivity index (χ0n) is 11.9. The van der Waals surface area contributed by atoms with E-state index in [0.717, 1.165) is 11.8 Å². The highest BCUT2D eigenvalue weighted by Gasteiger charge is 2.36. The zero-order valence-corrected chi connectivity index (χ0v) is 11.9. The number of carbonyl (C=O) groups is 1. The molecule has 6 nitrogen and oxygen atoms in total. The number of carbonyl (C=O) groups excluding carboxylic acids is 1. The van der Waals surface area contributed by atoms with Crippen molar-refractivity contribution in [1.82, 2.24) is 4.90 Å². The number of hydrogen-bond donors (Lipinski definition) is 0. The van der Waals surface area contributed by atoms with Gasteiger partial charge in [-0.05, 0) is 25.3 Å². The third-order valence-electron chi connectivity index (χ3n) is 3.43. The Morgan fingerprint density at radius 2 is 2.19 bits per heavy atom. The van der Waals surface area contributed by atoms with Crippen molar-refractivity contribution in [2.45, 2.75) is 32.4 Å². The predicted octanol–water partition coefficient (Wildman–Crippen LogP) is 2.33. The molecule has 21 heavy (non-hydrogen) atoms. The minimum Gasteiger partial charge on any atom is -0.464 e. The Balaban J connectivity index is 2.22. The zero-order chi connectivity index (χ0) is 15.2. The average molecular weight is 290 g/mol. The normalized spacial score (nSPS) is 19.8. The van der Waals surface area contributed by atoms with Crippen molar-refractivity contribution in [1.29, 1.82) is 0 Å². The summed E-state index contributed by atoms with van der Waals surface area (Å²) in [6, 6.07) is 9.14. The number of benzene rings is 1. The van der Waals surface area contributed by atoms with E-state index in [-0.39, 0.29) is 5.97 Å². The first-order chi connectivity index (χ1) is 10.1. The molecule has 1 aromatic rings. The fraction of sp³-hybridized carbons (Fsp3) is 0.400. The molecule has 112 valence electrons. The Bertz CT molecular complexity index is 542. The second kappa shape index (κ2) is 6.88. The molecule has 0 spiro atoms. The van der Waals surface area contributed by atoms with Gasteiger partial charge >= 0.3 is 5.97 Å². The van der Waals surface area contributed by atoms with Crippen molar-refractivity contribution in [3.05, 3.63) is 57.9 Å². The number of hydrogen-bond acceptors (Lipinski definition) is 5. The van der Waals surface area contributed by atoms with Crippen LogP contribution in [0, 0.1) is 10.1 Å². The van der Waals surface area contributed by atoms with Crippen LogP contribution in [0.1, 0.15) is 25.3 Å². The summed E-state index contributed by atoms with van der Waals surface area (Å²) in [5, 5.41) is 10.7. The molecule has 1 aliphatic rings. The first-order valence-corrected chi connectivity index (χ1v) is 6.93. The van der Waals surface area contributed by atoms with E-state index in [1.54, 1.807) is 11.8 Å². The van der Waals surface area contributed by atoms with Gasteiger partial charge in [-0.2, -0.15) is 0 Å². The Morgan fingerprint density at radius 1 is 1.48 bits per heavy atom. The van der Waals surface area contributed by atoms with Gasteiger partial charge in [0.05, 0.1) is 17.2 Å². The number of rotatable bonds is 5. The molecule has 1 fully saturated rings. The Hall–Kier alpha value is -2.37. The van der Waals surface area contributed by atoms with Crippen molar-refractivity contribution < 1.29 is 14.5 Å². The van der Waals surface area contributed by atoms with Crippen LogP contribution < -0.4 is 0 Å². The molecule has 1 heterocycles. The molecule has 0 bridgehead atoms. The third kappa shape index (κ3) is 3.81. The second-order valence-electron chi connectivity index (χ2n) is 4.83. The highest BCUT2D eigenvalue weighted by molar-refractivity contribution is 5.76. The van der Waals surface area contributed by atoms with E-state index in [4.69, 9.17) is 4.74 Å². The van der Waals surface area contributed by atoms with E-state index in [2.05, 4.69) is 0 Å². The van der Waals surface area contributed by atoms with Crippen molar-refractivity contribution in [3.63, 3.8) is 0 Å². The first-order valence-electron chi connectivity index (χ1n) is 6.93. The molecular formula is C15H18N2O4. The minimum atomic E-state index is -0.471. The number of esters is 1. The number of allylic oxidation sites excluding steroid dienone is 1. The highest BCUT2D eigenvalue weighted by atomic mass is 16.6. The monoisotopic (exact) mass is 290 g/mol. The first kappa shape index (κ1) is 15.0. The molecule has 6 heteroatoms. The Morgan fingerprint density at radius 3 is 2.81 bits per heavy atom. The molecular weight excluding hydrogens is 272 g/mol. The molecule has 0 aromatic heterocycles. The van der Waals surface area contributed by atoms with Crippen molar-refractivity contribution in [3.8, 4) is 0 Å². The van der Waals surface area contributed by atoms with Crippen LogP contribution in [-0.2, 0) is 16.1 Å². The van der Waals surface area contributed by atoms with Gasteiger partial charge < -0.3 is 9.64 Å². The molecule has 0 amide bonds. The lowest BCUT2D eigenvalue weighted by molar-refractivity contribution is -0.404. The summed E-state index contributed by atoms with van der Waals surface area (Å²) >= 11 is 0. The third-order valence-corrected chi connectivity index (χ3v) is 3.43. The lowest BCUT2D eigenvalue weighted by atomic mass is 10.2. The van der Waals surface area contributed by atoms with Gasteiger partial charge in [0.2, 0.25) is 0 Å². The number of likely N-dealkylation sites (tertiary alicyclic amines) is 1. The van der Waals surface area contributed by atoms with Gasteiger partial charge in [0, 0.05) is 6.54 Å². The van der Waals surface area contributed by atoms with Crippen LogP contribution in [0.15, 0.2) is 42.2 Å². The SMILES string of the molecule is CCOC(=O)C1CCC(=C[N+](=O)[O-])N1Cc1ccccc1. The summed E-state index contributed by atoms with van der Waals surface area (Å²) in [5.41, 5.74) is 1.57. The van der Waals surface area contributed by atoms with Gasteiger partial charge in [-0.15, -0.1) is 0 Å². The lowest BCUT2D eigenvalue weighted by Crippen LogP contribution is -2.36. The summed E-state index contributed by atoms with van der Waals surface area (Å²) in [4.78, 5) is 24.1. The maximum absolute atomic E-state index is 12.0. The summed E-state index contributed by atoms with van der Waals surface area (Å²) in [5.74, 6) is -0.319. The van der Waals surface area contributed by atoms with Gasteiger partial charge in [0.1, 0.15) is 6.04 Å². The molecule has 0 radical (unpaired) electrons. The molecule has 1 aliphatic heterocycles. The number of nitrogens with zero attached hydrogens (tertiary/aromatic N) is 2. The molecule has 1 atom stereocenters. The van der Waals surface area contributed by atoms with E-state index in [9.17, 15) is 14.9 Å². The van der Waals surface area contributed by atoms with Crippen LogP contribution in [0.5, 0.6) is 0 Å². The fourth-order valence-corrected chi connectivity index (χ4v) is 2.52. The van der Waals surface area contributed by atoms with Gasteiger partial charge in [-0.3, -0.25) is 10.1 Å². The van der Waals surface area contributed by atoms with E-state index in [0.29, 0.717) is 31.7 Å². The number of ether oxygens (including phenoxy) is 1. The van der Waals surface area contributed by atoms with E-state index >= 15 is 0 Å². The largest absolute Gasteiger partial charge is 0.464 e. The molecule has 1 unspecified atom stereocenters. The molecule has 1 aromatic carbocycles. The number of nitro groups is 1. The van der Waals surface area contributed by atoms with Crippen molar-refractivity contribution in [2.75, 3.05) is 6.61 Å². The van der Waals surface area contributed by atoms with Gasteiger partial charge in [0.15, 0.2) is 0 Å². The van der Waals surface area contributed by atoms with Crippen LogP contribution in [-0.4, -0.2) is 28.4 Å². The van der Waals surface area contributed by atoms with Crippen LogP contribution in [0.3, 0.4) is 0 Å². The summed E-state index contributed by atoms with van der Waals surface area (Å²) in [7, 11) is 0. The Kier molecular flexibility index (Phi) is 4.92. The van der Waals surface area contributed by atoms with Crippen molar-refractivity contribution in [2.24, 2.45) is 0 Å². The predicted molar refractivity (Wildman–Crippen MR) is 76.7 cm³/mol.